The lowest BCUT2D eigenvalue weighted by atomic mass is 9.92. The van der Waals surface area contributed by atoms with Crippen molar-refractivity contribution in [3.63, 3.8) is 0 Å². The standard InChI is InChI=1S/C12H23NO3/c1-9(2)16-8-7-12(15)13-10-5-3-4-6-11(10)14/h9-11,14H,3-8H2,1-2H3,(H,13,15)/t10-,11+/m0/s1. The third-order valence-electron chi connectivity index (χ3n) is 2.86. The van der Waals surface area contributed by atoms with Crippen LogP contribution in [0.25, 0.3) is 0 Å². The lowest BCUT2D eigenvalue weighted by molar-refractivity contribution is -0.124. The smallest absolute Gasteiger partial charge is 0.222 e. The second-order valence-corrected chi connectivity index (χ2v) is 4.70. The van der Waals surface area contributed by atoms with Gasteiger partial charge in [0.2, 0.25) is 5.91 Å². The molecule has 0 saturated heterocycles. The van der Waals surface area contributed by atoms with E-state index in [2.05, 4.69) is 5.32 Å². The van der Waals surface area contributed by atoms with E-state index in [1.165, 1.54) is 0 Å². The molecule has 1 rings (SSSR count). The topological polar surface area (TPSA) is 58.6 Å². The Balaban J connectivity index is 2.17. The Labute approximate surface area is 97.4 Å². The first-order valence-corrected chi connectivity index (χ1v) is 6.18. The number of aliphatic hydroxyl groups excluding tert-OH is 1. The van der Waals surface area contributed by atoms with E-state index in [9.17, 15) is 9.90 Å². The summed E-state index contributed by atoms with van der Waals surface area (Å²) in [6.07, 6.45) is 4.00. The molecule has 0 bridgehead atoms. The summed E-state index contributed by atoms with van der Waals surface area (Å²) in [5.41, 5.74) is 0. The minimum absolute atomic E-state index is 0.0217. The van der Waals surface area contributed by atoms with Crippen molar-refractivity contribution in [1.29, 1.82) is 0 Å². The maximum atomic E-state index is 11.5. The van der Waals surface area contributed by atoms with Crippen molar-refractivity contribution in [3.8, 4) is 0 Å². The lowest BCUT2D eigenvalue weighted by Gasteiger charge is -2.28. The number of carbonyl (C=O) groups is 1. The van der Waals surface area contributed by atoms with Gasteiger partial charge in [0.25, 0.3) is 0 Å². The number of nitrogens with one attached hydrogen (secondary N) is 1. The molecule has 0 spiro atoms. The van der Waals surface area contributed by atoms with Gasteiger partial charge in [-0.25, -0.2) is 0 Å². The van der Waals surface area contributed by atoms with Crippen LogP contribution in [-0.4, -0.2) is 35.9 Å². The fourth-order valence-electron chi connectivity index (χ4n) is 1.95. The molecule has 0 aromatic rings. The molecule has 2 atom stereocenters. The molecule has 0 radical (unpaired) electrons. The Morgan fingerprint density at radius 3 is 2.75 bits per heavy atom. The molecule has 1 amide bonds. The average Bonchev–Trinajstić information content (AvgIpc) is 2.21. The first kappa shape index (κ1) is 13.5. The molecule has 16 heavy (non-hydrogen) atoms. The SMILES string of the molecule is CC(C)OCCC(=O)N[C@H]1CCCC[C@H]1O. The Kier molecular flexibility index (Phi) is 5.77. The molecule has 2 N–H and O–H groups in total. The number of carbonyl (C=O) groups excluding carboxylic acids is 1. The normalized spacial score (nSPS) is 25.8. The first-order valence-electron chi connectivity index (χ1n) is 6.18. The molecule has 4 nitrogen and oxygen atoms in total. The Bertz CT molecular complexity index is 218. The van der Waals surface area contributed by atoms with Crippen LogP contribution in [0.3, 0.4) is 0 Å². The van der Waals surface area contributed by atoms with Crippen molar-refractivity contribution >= 4 is 5.91 Å². The molecule has 1 aliphatic carbocycles. The van der Waals surface area contributed by atoms with Crippen molar-refractivity contribution in [3.05, 3.63) is 0 Å². The van der Waals surface area contributed by atoms with Crippen molar-refractivity contribution in [2.24, 2.45) is 0 Å². The van der Waals surface area contributed by atoms with Gasteiger partial charge >= 0.3 is 0 Å². The van der Waals surface area contributed by atoms with Crippen LogP contribution >= 0.6 is 0 Å². The van der Waals surface area contributed by atoms with Crippen molar-refractivity contribution in [2.45, 2.75) is 64.2 Å². The van der Waals surface area contributed by atoms with E-state index in [-0.39, 0.29) is 24.2 Å². The fraction of sp³-hybridized carbons (Fsp3) is 0.917. The molecule has 1 fully saturated rings. The van der Waals surface area contributed by atoms with Gasteiger partial charge in [0, 0.05) is 6.42 Å². The average molecular weight is 229 g/mol. The van der Waals surface area contributed by atoms with E-state index in [4.69, 9.17) is 4.74 Å². The number of rotatable bonds is 5. The van der Waals surface area contributed by atoms with E-state index in [0.717, 1.165) is 25.7 Å². The second-order valence-electron chi connectivity index (χ2n) is 4.70. The van der Waals surface area contributed by atoms with Crippen molar-refractivity contribution < 1.29 is 14.6 Å². The fourth-order valence-corrected chi connectivity index (χ4v) is 1.95. The predicted octanol–water partition coefficient (Wildman–Crippen LogP) is 1.22. The summed E-state index contributed by atoms with van der Waals surface area (Å²) in [6, 6.07) is -0.0553. The van der Waals surface area contributed by atoms with Gasteiger partial charge < -0.3 is 15.2 Å². The van der Waals surface area contributed by atoms with Gasteiger partial charge in [0.15, 0.2) is 0 Å². The molecule has 1 aliphatic rings. The summed E-state index contributed by atoms with van der Waals surface area (Å²) in [5.74, 6) is -0.0217. The summed E-state index contributed by atoms with van der Waals surface area (Å²) in [5, 5.41) is 12.6. The zero-order valence-electron chi connectivity index (χ0n) is 10.2. The summed E-state index contributed by atoms with van der Waals surface area (Å²) >= 11 is 0. The number of hydrogen-bond acceptors (Lipinski definition) is 3. The largest absolute Gasteiger partial charge is 0.391 e. The molecule has 0 aromatic carbocycles. The highest BCUT2D eigenvalue weighted by Gasteiger charge is 2.24. The highest BCUT2D eigenvalue weighted by atomic mass is 16.5. The Hall–Kier alpha value is -0.610. The summed E-state index contributed by atoms with van der Waals surface area (Å²) in [4.78, 5) is 11.5. The van der Waals surface area contributed by atoms with Crippen LogP contribution in [0.5, 0.6) is 0 Å². The van der Waals surface area contributed by atoms with Gasteiger partial charge in [0.1, 0.15) is 0 Å². The molecule has 0 aliphatic heterocycles. The van der Waals surface area contributed by atoms with Gasteiger partial charge in [-0.15, -0.1) is 0 Å². The summed E-state index contributed by atoms with van der Waals surface area (Å²) in [6.45, 7) is 4.35. The van der Waals surface area contributed by atoms with Crippen LogP contribution < -0.4 is 5.32 Å². The van der Waals surface area contributed by atoms with E-state index >= 15 is 0 Å². The predicted molar refractivity (Wildman–Crippen MR) is 62.1 cm³/mol. The van der Waals surface area contributed by atoms with Crippen LogP contribution in [0.2, 0.25) is 0 Å². The molecule has 0 unspecified atom stereocenters. The molecule has 0 heterocycles. The minimum atomic E-state index is -0.372. The number of aliphatic hydroxyl groups is 1. The second kappa shape index (κ2) is 6.86. The first-order chi connectivity index (χ1) is 7.59. The third-order valence-corrected chi connectivity index (χ3v) is 2.86. The van der Waals surface area contributed by atoms with Gasteiger partial charge in [-0.2, -0.15) is 0 Å². The Morgan fingerprint density at radius 2 is 2.12 bits per heavy atom. The van der Waals surface area contributed by atoms with Crippen molar-refractivity contribution in [2.75, 3.05) is 6.61 Å². The molecule has 94 valence electrons. The third kappa shape index (κ3) is 4.94. The monoisotopic (exact) mass is 229 g/mol. The van der Waals surface area contributed by atoms with Crippen LogP contribution in [0.15, 0.2) is 0 Å². The summed E-state index contributed by atoms with van der Waals surface area (Å²) < 4.78 is 5.31. The van der Waals surface area contributed by atoms with Crippen LogP contribution in [0.1, 0.15) is 46.0 Å². The van der Waals surface area contributed by atoms with Crippen LogP contribution in [-0.2, 0) is 9.53 Å². The minimum Gasteiger partial charge on any atom is -0.391 e. The zero-order chi connectivity index (χ0) is 12.0. The highest BCUT2D eigenvalue weighted by molar-refractivity contribution is 5.76. The number of ether oxygens (including phenoxy) is 1. The van der Waals surface area contributed by atoms with E-state index < -0.39 is 0 Å². The van der Waals surface area contributed by atoms with E-state index in [1.807, 2.05) is 13.8 Å². The molecule has 1 saturated carbocycles. The van der Waals surface area contributed by atoms with Gasteiger partial charge in [-0.05, 0) is 26.7 Å². The van der Waals surface area contributed by atoms with Crippen LogP contribution in [0, 0.1) is 0 Å². The van der Waals surface area contributed by atoms with Gasteiger partial charge in [0.05, 0.1) is 24.9 Å². The number of hydrogen-bond donors (Lipinski definition) is 2. The van der Waals surface area contributed by atoms with E-state index in [1.54, 1.807) is 0 Å². The molecular formula is C12H23NO3. The quantitative estimate of drug-likeness (QED) is 0.745. The summed E-state index contributed by atoms with van der Waals surface area (Å²) in [7, 11) is 0. The van der Waals surface area contributed by atoms with E-state index in [0.29, 0.717) is 13.0 Å². The molecule has 0 aromatic heterocycles. The number of amides is 1. The lowest BCUT2D eigenvalue weighted by Crippen LogP contribution is -2.45. The van der Waals surface area contributed by atoms with Gasteiger partial charge in [-0.1, -0.05) is 12.8 Å². The molecule has 4 heteroatoms. The highest BCUT2D eigenvalue weighted by Crippen LogP contribution is 2.18. The molecular weight excluding hydrogens is 206 g/mol. The zero-order valence-corrected chi connectivity index (χ0v) is 10.2. The van der Waals surface area contributed by atoms with Gasteiger partial charge in [-0.3, -0.25) is 4.79 Å². The maximum Gasteiger partial charge on any atom is 0.222 e. The Morgan fingerprint density at radius 1 is 1.44 bits per heavy atom. The van der Waals surface area contributed by atoms with Crippen LogP contribution in [0.4, 0.5) is 0 Å². The maximum absolute atomic E-state index is 11.5. The van der Waals surface area contributed by atoms with Crippen molar-refractivity contribution in [1.82, 2.24) is 5.32 Å².